The Balaban J connectivity index is 2.15. The Morgan fingerprint density at radius 2 is 1.57 bits per heavy atom. The van der Waals surface area contributed by atoms with Gasteiger partial charge < -0.3 is 9.14 Å². The lowest BCUT2D eigenvalue weighted by Crippen LogP contribution is -2.09. The van der Waals surface area contributed by atoms with Crippen LogP contribution in [0, 0.1) is 0 Å². The SMILES string of the molecule is COc1cc(-c2ccccc2Cl)n2ccc(=O)c(-c3cccc(Cl)c3Cl)c2c1. The van der Waals surface area contributed by atoms with Crippen LogP contribution in [0.1, 0.15) is 0 Å². The largest absolute Gasteiger partial charge is 0.497 e. The number of benzene rings is 2. The van der Waals surface area contributed by atoms with E-state index < -0.39 is 0 Å². The van der Waals surface area contributed by atoms with Gasteiger partial charge in [-0.05, 0) is 12.1 Å². The molecule has 2 heterocycles. The molecule has 0 aliphatic heterocycles. The molecule has 3 nitrogen and oxygen atoms in total. The fourth-order valence-electron chi connectivity index (χ4n) is 3.25. The van der Waals surface area contributed by atoms with Gasteiger partial charge in [0.05, 0.1) is 33.9 Å². The van der Waals surface area contributed by atoms with E-state index in [9.17, 15) is 4.79 Å². The van der Waals surface area contributed by atoms with Crippen LogP contribution in [0.15, 0.2) is 71.7 Å². The third kappa shape index (κ3) is 3.16. The van der Waals surface area contributed by atoms with E-state index in [1.165, 1.54) is 6.07 Å². The molecule has 0 bridgehead atoms. The van der Waals surface area contributed by atoms with Gasteiger partial charge in [0.15, 0.2) is 5.43 Å². The average molecular weight is 431 g/mol. The van der Waals surface area contributed by atoms with Crippen LogP contribution in [-0.2, 0) is 0 Å². The topological polar surface area (TPSA) is 30.7 Å². The van der Waals surface area contributed by atoms with E-state index in [1.54, 1.807) is 37.6 Å². The number of nitrogens with zero attached hydrogens (tertiary/aromatic N) is 1. The van der Waals surface area contributed by atoms with Crippen LogP contribution >= 0.6 is 34.8 Å². The lowest BCUT2D eigenvalue weighted by molar-refractivity contribution is 0.415. The molecule has 0 unspecified atom stereocenters. The first kappa shape index (κ1) is 18.9. The zero-order chi connectivity index (χ0) is 19.8. The first-order valence-electron chi connectivity index (χ1n) is 8.44. The van der Waals surface area contributed by atoms with Crippen molar-refractivity contribution in [2.75, 3.05) is 7.11 Å². The highest BCUT2D eigenvalue weighted by atomic mass is 35.5. The molecular formula is C22H14Cl3NO2. The van der Waals surface area contributed by atoms with E-state index in [-0.39, 0.29) is 5.43 Å². The summed E-state index contributed by atoms with van der Waals surface area (Å²) < 4.78 is 7.39. The highest BCUT2D eigenvalue weighted by Gasteiger charge is 2.17. The molecule has 0 saturated heterocycles. The van der Waals surface area contributed by atoms with E-state index in [1.807, 2.05) is 34.7 Å². The zero-order valence-electron chi connectivity index (χ0n) is 14.7. The maximum atomic E-state index is 12.8. The van der Waals surface area contributed by atoms with Crippen molar-refractivity contribution in [3.05, 3.63) is 92.2 Å². The lowest BCUT2D eigenvalue weighted by atomic mass is 10.0. The third-order valence-corrected chi connectivity index (χ3v) is 5.71. The minimum absolute atomic E-state index is 0.164. The second kappa shape index (κ2) is 7.51. The fraction of sp³-hybridized carbons (Fsp3) is 0.0455. The number of ether oxygens (including phenoxy) is 1. The summed E-state index contributed by atoms with van der Waals surface area (Å²) in [5, 5.41) is 1.31. The van der Waals surface area contributed by atoms with Gasteiger partial charge in [-0.2, -0.15) is 0 Å². The number of pyridine rings is 2. The summed E-state index contributed by atoms with van der Waals surface area (Å²) >= 11 is 19.0. The number of hydrogen-bond acceptors (Lipinski definition) is 2. The van der Waals surface area contributed by atoms with Gasteiger partial charge in [0.1, 0.15) is 5.75 Å². The molecule has 0 spiro atoms. The Labute approximate surface area is 176 Å². The lowest BCUT2D eigenvalue weighted by Gasteiger charge is -2.16. The summed E-state index contributed by atoms with van der Waals surface area (Å²) in [6.45, 7) is 0. The minimum Gasteiger partial charge on any atom is -0.497 e. The monoisotopic (exact) mass is 429 g/mol. The van der Waals surface area contributed by atoms with Crippen LogP contribution < -0.4 is 10.2 Å². The van der Waals surface area contributed by atoms with Gasteiger partial charge in [0.25, 0.3) is 0 Å². The molecule has 0 atom stereocenters. The van der Waals surface area contributed by atoms with E-state index in [0.29, 0.717) is 37.5 Å². The van der Waals surface area contributed by atoms with Crippen LogP contribution in [0.3, 0.4) is 0 Å². The molecule has 0 N–H and O–H groups in total. The molecule has 2 aromatic carbocycles. The molecule has 140 valence electrons. The van der Waals surface area contributed by atoms with Gasteiger partial charge in [-0.25, -0.2) is 0 Å². The van der Waals surface area contributed by atoms with E-state index in [0.717, 1.165) is 11.3 Å². The van der Waals surface area contributed by atoms with Gasteiger partial charge in [-0.1, -0.05) is 65.1 Å². The van der Waals surface area contributed by atoms with Crippen molar-refractivity contribution in [3.8, 4) is 28.1 Å². The summed E-state index contributed by atoms with van der Waals surface area (Å²) in [6, 6.07) is 17.9. The number of hydrogen-bond donors (Lipinski definition) is 0. The highest BCUT2D eigenvalue weighted by Crippen LogP contribution is 2.37. The maximum absolute atomic E-state index is 12.8. The van der Waals surface area contributed by atoms with Crippen molar-refractivity contribution < 1.29 is 4.74 Å². The van der Waals surface area contributed by atoms with Crippen LogP contribution in [0.4, 0.5) is 0 Å². The summed E-state index contributed by atoms with van der Waals surface area (Å²) in [7, 11) is 1.58. The maximum Gasteiger partial charge on any atom is 0.190 e. The van der Waals surface area contributed by atoms with Gasteiger partial charge >= 0.3 is 0 Å². The normalized spacial score (nSPS) is 11.0. The first-order valence-corrected chi connectivity index (χ1v) is 9.57. The molecule has 0 amide bonds. The van der Waals surface area contributed by atoms with Crippen molar-refractivity contribution in [3.63, 3.8) is 0 Å². The smallest absolute Gasteiger partial charge is 0.190 e. The van der Waals surface area contributed by atoms with Crippen molar-refractivity contribution in [2.24, 2.45) is 0 Å². The van der Waals surface area contributed by atoms with E-state index in [4.69, 9.17) is 39.5 Å². The van der Waals surface area contributed by atoms with Gasteiger partial charge in [0.2, 0.25) is 0 Å². The standard InChI is InChI=1S/C22H14Cl3NO2/c1-28-13-11-18(14-5-2-3-7-16(14)23)26-10-9-20(27)21(19(26)12-13)15-6-4-8-17(24)22(15)25/h2-12H,1H3. The van der Waals surface area contributed by atoms with Gasteiger partial charge in [0, 0.05) is 40.5 Å². The van der Waals surface area contributed by atoms with Crippen molar-refractivity contribution in [1.82, 2.24) is 4.40 Å². The van der Waals surface area contributed by atoms with Gasteiger partial charge in [-0.3, -0.25) is 4.79 Å². The summed E-state index contributed by atoms with van der Waals surface area (Å²) in [4.78, 5) is 12.8. The van der Waals surface area contributed by atoms with Crippen molar-refractivity contribution >= 4 is 40.3 Å². The average Bonchev–Trinajstić information content (AvgIpc) is 2.70. The predicted molar refractivity (Wildman–Crippen MR) is 116 cm³/mol. The highest BCUT2D eigenvalue weighted by molar-refractivity contribution is 6.43. The molecule has 28 heavy (non-hydrogen) atoms. The summed E-state index contributed by atoms with van der Waals surface area (Å²) in [5.74, 6) is 0.597. The molecule has 0 radical (unpaired) electrons. The van der Waals surface area contributed by atoms with Crippen molar-refractivity contribution in [2.45, 2.75) is 0 Å². The molecule has 0 aliphatic rings. The molecular weight excluding hydrogens is 417 g/mol. The number of fused-ring (bicyclic) bond motifs is 1. The molecule has 4 aromatic rings. The molecule has 0 fully saturated rings. The Kier molecular flexibility index (Phi) is 5.07. The van der Waals surface area contributed by atoms with Crippen LogP contribution in [0.5, 0.6) is 5.75 Å². The Hall–Kier alpha value is -2.46. The van der Waals surface area contributed by atoms with E-state index in [2.05, 4.69) is 0 Å². The van der Waals surface area contributed by atoms with Crippen LogP contribution in [0.2, 0.25) is 15.1 Å². The quantitative estimate of drug-likeness (QED) is 0.366. The van der Waals surface area contributed by atoms with Gasteiger partial charge in [-0.15, -0.1) is 0 Å². The molecule has 0 aliphatic carbocycles. The third-order valence-electron chi connectivity index (χ3n) is 4.56. The summed E-state index contributed by atoms with van der Waals surface area (Å²) in [6.07, 6.45) is 1.72. The van der Waals surface area contributed by atoms with Crippen LogP contribution in [-0.4, -0.2) is 11.5 Å². The molecule has 0 saturated carbocycles. The number of rotatable bonds is 3. The molecule has 4 rings (SSSR count). The van der Waals surface area contributed by atoms with Crippen molar-refractivity contribution in [1.29, 1.82) is 0 Å². The Morgan fingerprint density at radius 1 is 0.857 bits per heavy atom. The number of aromatic nitrogens is 1. The van der Waals surface area contributed by atoms with E-state index >= 15 is 0 Å². The minimum atomic E-state index is -0.164. The number of halogens is 3. The Morgan fingerprint density at radius 3 is 2.32 bits per heavy atom. The second-order valence-corrected chi connectivity index (χ2v) is 7.36. The fourth-order valence-corrected chi connectivity index (χ4v) is 3.87. The Bertz CT molecular complexity index is 1260. The molecule has 2 aromatic heterocycles. The molecule has 6 heteroatoms. The second-order valence-electron chi connectivity index (χ2n) is 6.17. The summed E-state index contributed by atoms with van der Waals surface area (Å²) in [5.41, 5.74) is 3.10. The predicted octanol–water partition coefficient (Wildman–Crippen LogP) is 6.60. The number of methoxy groups -OCH3 is 1. The first-order chi connectivity index (χ1) is 13.5. The zero-order valence-corrected chi connectivity index (χ0v) is 17.0. The van der Waals surface area contributed by atoms with Crippen LogP contribution in [0.25, 0.3) is 27.9 Å².